The molecule has 19 heavy (non-hydrogen) atoms. The zero-order valence-electron chi connectivity index (χ0n) is 10.5. The van der Waals surface area contributed by atoms with Crippen molar-refractivity contribution >= 4 is 27.5 Å². The second-order valence-electron chi connectivity index (χ2n) is 4.29. The van der Waals surface area contributed by atoms with E-state index in [2.05, 4.69) is 21.2 Å². The van der Waals surface area contributed by atoms with Crippen LogP contribution in [0.15, 0.2) is 42.5 Å². The molecule has 0 fully saturated rings. The Balaban J connectivity index is 2.13. The molecule has 0 heterocycles. The van der Waals surface area contributed by atoms with E-state index in [0.717, 1.165) is 22.1 Å². The Morgan fingerprint density at radius 2 is 1.89 bits per heavy atom. The number of carbonyl (C=O) groups excluding carboxylic acids is 1. The molecule has 0 aliphatic carbocycles. The fourth-order valence-electron chi connectivity index (χ4n) is 1.63. The number of rotatable bonds is 3. The zero-order chi connectivity index (χ0) is 13.8. The highest BCUT2D eigenvalue weighted by atomic mass is 79.9. The predicted octanol–water partition coefficient (Wildman–Crippen LogP) is 3.85. The Morgan fingerprint density at radius 3 is 2.47 bits per heavy atom. The lowest BCUT2D eigenvalue weighted by Crippen LogP contribution is -2.11. The number of benzene rings is 2. The third-order valence-electron chi connectivity index (χ3n) is 2.84. The molecule has 0 aliphatic heterocycles. The molecule has 1 amide bonds. The number of aryl methyl sites for hydroxylation is 1. The third kappa shape index (κ3) is 3.35. The molecule has 0 aliphatic rings. The molecule has 0 aromatic heterocycles. The van der Waals surface area contributed by atoms with Gasteiger partial charge in [-0.3, -0.25) is 4.79 Å². The summed E-state index contributed by atoms with van der Waals surface area (Å²) in [6, 6.07) is 12.5. The van der Waals surface area contributed by atoms with Gasteiger partial charge in [0.15, 0.2) is 0 Å². The highest BCUT2D eigenvalue weighted by Gasteiger charge is 2.08. The van der Waals surface area contributed by atoms with Gasteiger partial charge in [0.25, 0.3) is 5.91 Å². The lowest BCUT2D eigenvalue weighted by Gasteiger charge is -2.07. The number of carbonyl (C=O) groups is 1. The highest BCUT2D eigenvalue weighted by molar-refractivity contribution is 9.08. The van der Waals surface area contributed by atoms with Gasteiger partial charge in [-0.05, 0) is 42.3 Å². The second-order valence-corrected chi connectivity index (χ2v) is 4.85. The molecule has 2 rings (SSSR count). The van der Waals surface area contributed by atoms with Gasteiger partial charge in [-0.25, -0.2) is 0 Å². The minimum atomic E-state index is -0.234. The van der Waals surface area contributed by atoms with Crippen LogP contribution in [-0.2, 0) is 5.33 Å². The van der Waals surface area contributed by atoms with Crippen molar-refractivity contribution in [3.8, 4) is 5.75 Å². The Hall–Kier alpha value is -1.81. The highest BCUT2D eigenvalue weighted by Crippen LogP contribution is 2.19. The fraction of sp³-hybridized carbons (Fsp3) is 0.133. The minimum absolute atomic E-state index is 0.127. The first-order valence-electron chi connectivity index (χ1n) is 5.86. The van der Waals surface area contributed by atoms with Gasteiger partial charge in [0.05, 0.1) is 0 Å². The number of hydrogen-bond donors (Lipinski definition) is 2. The second kappa shape index (κ2) is 5.89. The average molecular weight is 320 g/mol. The van der Waals surface area contributed by atoms with E-state index >= 15 is 0 Å². The molecular formula is C15H14BrNO2. The van der Waals surface area contributed by atoms with Crippen molar-refractivity contribution < 1.29 is 9.90 Å². The van der Waals surface area contributed by atoms with Crippen LogP contribution in [0.4, 0.5) is 5.69 Å². The van der Waals surface area contributed by atoms with E-state index in [1.165, 1.54) is 6.07 Å². The zero-order valence-corrected chi connectivity index (χ0v) is 12.1. The molecule has 0 radical (unpaired) electrons. The van der Waals surface area contributed by atoms with Gasteiger partial charge < -0.3 is 10.4 Å². The fourth-order valence-corrected chi connectivity index (χ4v) is 2.00. The summed E-state index contributed by atoms with van der Waals surface area (Å²) >= 11 is 3.37. The van der Waals surface area contributed by atoms with Crippen molar-refractivity contribution in [2.45, 2.75) is 12.3 Å². The summed E-state index contributed by atoms with van der Waals surface area (Å²) in [6.45, 7) is 1.79. The van der Waals surface area contributed by atoms with Crippen LogP contribution in [0.1, 0.15) is 21.5 Å². The van der Waals surface area contributed by atoms with Crippen molar-refractivity contribution in [1.29, 1.82) is 0 Å². The third-order valence-corrected chi connectivity index (χ3v) is 3.48. The monoisotopic (exact) mass is 319 g/mol. The van der Waals surface area contributed by atoms with Crippen molar-refractivity contribution in [2.24, 2.45) is 0 Å². The lowest BCUT2D eigenvalue weighted by molar-refractivity contribution is 0.102. The van der Waals surface area contributed by atoms with Crippen LogP contribution in [0, 0.1) is 6.92 Å². The molecule has 4 heteroatoms. The Labute approximate surface area is 120 Å². The number of phenolic OH excluding ortho intramolecular Hbond substituents is 1. The van der Waals surface area contributed by atoms with E-state index in [0.29, 0.717) is 5.56 Å². The molecule has 0 atom stereocenters. The number of halogens is 1. The summed E-state index contributed by atoms with van der Waals surface area (Å²) in [4.78, 5) is 12.0. The molecule has 2 aromatic rings. The number of nitrogens with one attached hydrogen (secondary N) is 1. The number of amides is 1. The maximum absolute atomic E-state index is 12.0. The van der Waals surface area contributed by atoms with E-state index in [-0.39, 0.29) is 11.7 Å². The number of alkyl halides is 1. The van der Waals surface area contributed by atoms with E-state index in [1.54, 1.807) is 19.1 Å². The topological polar surface area (TPSA) is 49.3 Å². The molecular weight excluding hydrogens is 306 g/mol. The molecule has 98 valence electrons. The molecule has 2 aromatic carbocycles. The average Bonchev–Trinajstić information content (AvgIpc) is 2.42. The molecule has 0 spiro atoms. The standard InChI is InChI=1S/C15H14BrNO2/c1-10-2-5-12(8-14(10)18)15(19)17-13-6-3-11(9-16)4-7-13/h2-8,18H,9H2,1H3,(H,17,19). The van der Waals surface area contributed by atoms with Crippen LogP contribution in [0.25, 0.3) is 0 Å². The number of aromatic hydroxyl groups is 1. The number of phenols is 1. The summed E-state index contributed by atoms with van der Waals surface area (Å²) in [6.07, 6.45) is 0. The van der Waals surface area contributed by atoms with Crippen molar-refractivity contribution in [3.63, 3.8) is 0 Å². The van der Waals surface area contributed by atoms with Gasteiger partial charge in [-0.2, -0.15) is 0 Å². The van der Waals surface area contributed by atoms with E-state index in [1.807, 2.05) is 24.3 Å². The van der Waals surface area contributed by atoms with E-state index in [9.17, 15) is 9.90 Å². The van der Waals surface area contributed by atoms with Crippen LogP contribution in [0.2, 0.25) is 0 Å². The van der Waals surface area contributed by atoms with Gasteiger partial charge in [0.2, 0.25) is 0 Å². The van der Waals surface area contributed by atoms with Crippen LogP contribution >= 0.6 is 15.9 Å². The summed E-state index contributed by atoms with van der Waals surface area (Å²) in [7, 11) is 0. The SMILES string of the molecule is Cc1ccc(C(=O)Nc2ccc(CBr)cc2)cc1O. The van der Waals surface area contributed by atoms with E-state index < -0.39 is 0 Å². The van der Waals surface area contributed by atoms with Crippen molar-refractivity contribution in [3.05, 3.63) is 59.2 Å². The summed E-state index contributed by atoms with van der Waals surface area (Å²) in [5.74, 6) is -0.107. The lowest BCUT2D eigenvalue weighted by atomic mass is 10.1. The van der Waals surface area contributed by atoms with Crippen LogP contribution in [0.3, 0.4) is 0 Å². The first-order valence-corrected chi connectivity index (χ1v) is 6.98. The smallest absolute Gasteiger partial charge is 0.255 e. The van der Waals surface area contributed by atoms with Gasteiger partial charge in [0, 0.05) is 16.6 Å². The number of hydrogen-bond acceptors (Lipinski definition) is 2. The molecule has 0 saturated carbocycles. The molecule has 0 unspecified atom stereocenters. The summed E-state index contributed by atoms with van der Waals surface area (Å²) in [5, 5.41) is 13.2. The maximum Gasteiger partial charge on any atom is 0.255 e. The minimum Gasteiger partial charge on any atom is -0.508 e. The van der Waals surface area contributed by atoms with Crippen LogP contribution < -0.4 is 5.32 Å². The number of anilines is 1. The van der Waals surface area contributed by atoms with Gasteiger partial charge in [0.1, 0.15) is 5.75 Å². The summed E-state index contributed by atoms with van der Waals surface area (Å²) < 4.78 is 0. The first kappa shape index (κ1) is 13.6. The molecule has 0 saturated heterocycles. The normalized spacial score (nSPS) is 10.2. The predicted molar refractivity (Wildman–Crippen MR) is 79.9 cm³/mol. The Kier molecular flexibility index (Phi) is 4.22. The van der Waals surface area contributed by atoms with Crippen molar-refractivity contribution in [2.75, 3.05) is 5.32 Å². The van der Waals surface area contributed by atoms with Gasteiger partial charge >= 0.3 is 0 Å². The Morgan fingerprint density at radius 1 is 1.21 bits per heavy atom. The van der Waals surface area contributed by atoms with Crippen molar-refractivity contribution in [1.82, 2.24) is 0 Å². The first-order chi connectivity index (χ1) is 9.10. The van der Waals surface area contributed by atoms with E-state index in [4.69, 9.17) is 0 Å². The van der Waals surface area contributed by atoms with Crippen LogP contribution in [-0.4, -0.2) is 11.0 Å². The van der Waals surface area contributed by atoms with Gasteiger partial charge in [-0.1, -0.05) is 34.1 Å². The molecule has 2 N–H and O–H groups in total. The quantitative estimate of drug-likeness (QED) is 0.844. The van der Waals surface area contributed by atoms with Gasteiger partial charge in [-0.15, -0.1) is 0 Å². The van der Waals surface area contributed by atoms with Crippen LogP contribution in [0.5, 0.6) is 5.75 Å². The Bertz CT molecular complexity index is 594. The maximum atomic E-state index is 12.0. The largest absolute Gasteiger partial charge is 0.508 e. The molecule has 3 nitrogen and oxygen atoms in total. The molecule has 0 bridgehead atoms. The summed E-state index contributed by atoms with van der Waals surface area (Å²) in [5.41, 5.74) is 3.06.